The summed E-state index contributed by atoms with van der Waals surface area (Å²) in [5, 5.41) is 12.6. The van der Waals surface area contributed by atoms with Gasteiger partial charge in [-0.2, -0.15) is 10.2 Å². The quantitative estimate of drug-likeness (QED) is 0.530. The highest BCUT2D eigenvalue weighted by Crippen LogP contribution is 2.43. The highest BCUT2D eigenvalue weighted by molar-refractivity contribution is 5.97. The summed E-state index contributed by atoms with van der Waals surface area (Å²) < 4.78 is 5.56. The van der Waals surface area contributed by atoms with Crippen LogP contribution in [-0.4, -0.2) is 73.3 Å². The van der Waals surface area contributed by atoms with Crippen molar-refractivity contribution >= 4 is 28.4 Å². The first kappa shape index (κ1) is 22.5. The van der Waals surface area contributed by atoms with Gasteiger partial charge in [0.05, 0.1) is 18.9 Å². The number of morpholine rings is 1. The van der Waals surface area contributed by atoms with Crippen molar-refractivity contribution in [2.45, 2.75) is 6.42 Å². The van der Waals surface area contributed by atoms with Crippen LogP contribution in [0, 0.1) is 16.7 Å². The molecular weight excluding hydrogens is 452 g/mol. The Labute approximate surface area is 210 Å². The second-order valence-corrected chi connectivity index (χ2v) is 9.88. The normalized spacial score (nSPS) is 18.8. The minimum absolute atomic E-state index is 0.0216. The summed E-state index contributed by atoms with van der Waals surface area (Å²) in [5.74, 6) is 1.29. The molecule has 2 aromatic carbocycles. The average molecular weight is 481 g/mol. The molecule has 0 aliphatic carbocycles. The molecule has 1 aromatic heterocycles. The lowest BCUT2D eigenvalue weighted by molar-refractivity contribution is -0.136. The third-order valence-electron chi connectivity index (χ3n) is 7.61. The maximum atomic E-state index is 12.0. The van der Waals surface area contributed by atoms with Gasteiger partial charge in [0.15, 0.2) is 5.82 Å². The number of hydrogen-bond acceptors (Lipinski definition) is 7. The zero-order valence-corrected chi connectivity index (χ0v) is 20.2. The molecule has 0 radical (unpaired) electrons. The van der Waals surface area contributed by atoms with Crippen molar-refractivity contribution in [2.24, 2.45) is 5.41 Å². The molecule has 3 aliphatic heterocycles. The van der Waals surface area contributed by atoms with Gasteiger partial charge in [-0.25, -0.2) is 4.98 Å². The van der Waals surface area contributed by atoms with E-state index in [4.69, 9.17) is 14.7 Å². The molecule has 0 N–H and O–H groups in total. The monoisotopic (exact) mass is 480 g/mol. The van der Waals surface area contributed by atoms with E-state index in [1.807, 2.05) is 29.2 Å². The second-order valence-electron chi connectivity index (χ2n) is 9.88. The van der Waals surface area contributed by atoms with Gasteiger partial charge in [-0.15, -0.1) is 0 Å². The topological polar surface area (TPSA) is 85.6 Å². The van der Waals surface area contributed by atoms with Crippen LogP contribution in [0.4, 0.5) is 11.8 Å². The van der Waals surface area contributed by atoms with Crippen molar-refractivity contribution in [1.82, 2.24) is 14.9 Å². The summed E-state index contributed by atoms with van der Waals surface area (Å²) in [4.78, 5) is 28.2. The van der Waals surface area contributed by atoms with Crippen LogP contribution in [0.5, 0.6) is 0 Å². The van der Waals surface area contributed by atoms with Gasteiger partial charge in [-0.3, -0.25) is 4.79 Å². The molecule has 8 nitrogen and oxygen atoms in total. The fourth-order valence-electron chi connectivity index (χ4n) is 5.72. The van der Waals surface area contributed by atoms with E-state index in [1.54, 1.807) is 0 Å². The standard InChI is InChI=1S/C28H28N6O2/c1-2-24(35)34-18-28(19-34)10-11-33(17-28)26-23(16-29)25(30-27(31-26)32-12-14-36-15-13-32)22-9-5-7-20-6-3-4-8-21(20)22/h2-9H,1,10-15,17-19H2. The summed E-state index contributed by atoms with van der Waals surface area (Å²) >= 11 is 0. The second kappa shape index (κ2) is 8.92. The van der Waals surface area contributed by atoms with Crippen molar-refractivity contribution in [3.05, 3.63) is 60.7 Å². The number of amides is 1. The zero-order valence-electron chi connectivity index (χ0n) is 20.2. The van der Waals surface area contributed by atoms with E-state index in [-0.39, 0.29) is 11.3 Å². The number of carbonyl (C=O) groups excluding carboxylic acids is 1. The molecule has 6 rings (SSSR count). The van der Waals surface area contributed by atoms with Crippen molar-refractivity contribution < 1.29 is 9.53 Å². The molecule has 3 fully saturated rings. The molecule has 182 valence electrons. The SMILES string of the molecule is C=CC(=O)N1CC2(CCN(c3nc(N4CCOCC4)nc(-c4cccc5ccccc45)c3C#N)C2)C1. The molecule has 3 saturated heterocycles. The molecular formula is C28H28N6O2. The van der Waals surface area contributed by atoms with Gasteiger partial charge >= 0.3 is 0 Å². The summed E-state index contributed by atoms with van der Waals surface area (Å²) in [6.45, 7) is 9.27. The zero-order chi connectivity index (χ0) is 24.7. The Balaban J connectivity index is 1.44. The third-order valence-corrected chi connectivity index (χ3v) is 7.61. The van der Waals surface area contributed by atoms with E-state index < -0.39 is 0 Å². The Morgan fingerprint density at radius 1 is 1.03 bits per heavy atom. The Morgan fingerprint density at radius 2 is 1.81 bits per heavy atom. The molecule has 1 amide bonds. The fraction of sp³-hybridized carbons (Fsp3) is 0.357. The maximum Gasteiger partial charge on any atom is 0.245 e. The summed E-state index contributed by atoms with van der Waals surface area (Å²) in [7, 11) is 0. The predicted molar refractivity (Wildman–Crippen MR) is 139 cm³/mol. The molecule has 0 saturated carbocycles. The number of aromatic nitrogens is 2. The van der Waals surface area contributed by atoms with E-state index in [1.165, 1.54) is 6.08 Å². The lowest BCUT2D eigenvalue weighted by Gasteiger charge is -2.47. The lowest BCUT2D eigenvalue weighted by atomic mass is 9.79. The number of likely N-dealkylation sites (tertiary alicyclic amines) is 1. The van der Waals surface area contributed by atoms with Crippen LogP contribution in [0.25, 0.3) is 22.0 Å². The van der Waals surface area contributed by atoms with Crippen molar-refractivity contribution in [1.29, 1.82) is 5.26 Å². The van der Waals surface area contributed by atoms with Gasteiger partial charge in [0.25, 0.3) is 0 Å². The minimum atomic E-state index is -0.0216. The first-order valence-corrected chi connectivity index (χ1v) is 12.4. The average Bonchev–Trinajstić information content (AvgIpc) is 3.37. The number of carbonyl (C=O) groups is 1. The molecule has 0 bridgehead atoms. The first-order valence-electron chi connectivity index (χ1n) is 12.4. The molecule has 3 aliphatic rings. The lowest BCUT2D eigenvalue weighted by Crippen LogP contribution is -2.59. The molecule has 36 heavy (non-hydrogen) atoms. The highest BCUT2D eigenvalue weighted by atomic mass is 16.5. The van der Waals surface area contributed by atoms with Gasteiger partial charge in [-0.1, -0.05) is 49.0 Å². The van der Waals surface area contributed by atoms with Gasteiger partial charge in [0.1, 0.15) is 11.6 Å². The van der Waals surface area contributed by atoms with Crippen LogP contribution < -0.4 is 9.80 Å². The minimum Gasteiger partial charge on any atom is -0.378 e. The van der Waals surface area contributed by atoms with E-state index in [9.17, 15) is 10.1 Å². The molecule has 8 heteroatoms. The molecule has 1 spiro atoms. The van der Waals surface area contributed by atoms with E-state index in [0.29, 0.717) is 62.4 Å². The first-order chi connectivity index (χ1) is 17.6. The number of nitriles is 1. The molecule has 4 heterocycles. The Kier molecular flexibility index (Phi) is 5.57. The molecule has 3 aromatic rings. The van der Waals surface area contributed by atoms with E-state index in [2.05, 4.69) is 40.6 Å². The number of nitrogens with zero attached hydrogens (tertiary/aromatic N) is 6. The third kappa shape index (κ3) is 3.76. The van der Waals surface area contributed by atoms with Gasteiger partial charge in [0, 0.05) is 50.2 Å². The number of rotatable bonds is 4. The van der Waals surface area contributed by atoms with E-state index in [0.717, 1.165) is 35.8 Å². The van der Waals surface area contributed by atoms with Crippen LogP contribution in [0.15, 0.2) is 55.1 Å². The van der Waals surface area contributed by atoms with Gasteiger partial charge in [0.2, 0.25) is 11.9 Å². The van der Waals surface area contributed by atoms with Gasteiger partial charge in [-0.05, 0) is 23.3 Å². The Morgan fingerprint density at radius 3 is 2.58 bits per heavy atom. The van der Waals surface area contributed by atoms with Crippen LogP contribution in [0.3, 0.4) is 0 Å². The van der Waals surface area contributed by atoms with Crippen LogP contribution >= 0.6 is 0 Å². The summed E-state index contributed by atoms with van der Waals surface area (Å²) in [6.07, 6.45) is 2.34. The summed E-state index contributed by atoms with van der Waals surface area (Å²) in [6, 6.07) is 16.8. The van der Waals surface area contributed by atoms with Crippen LogP contribution in [0.2, 0.25) is 0 Å². The number of ether oxygens (including phenoxy) is 1. The Bertz CT molecular complexity index is 1380. The Hall–Kier alpha value is -3.96. The maximum absolute atomic E-state index is 12.0. The van der Waals surface area contributed by atoms with E-state index >= 15 is 0 Å². The molecule has 0 unspecified atom stereocenters. The predicted octanol–water partition coefficient (Wildman–Crippen LogP) is 3.23. The van der Waals surface area contributed by atoms with Crippen LogP contribution in [0.1, 0.15) is 12.0 Å². The number of anilines is 2. The largest absolute Gasteiger partial charge is 0.378 e. The molecule has 0 atom stereocenters. The number of fused-ring (bicyclic) bond motifs is 1. The fourth-order valence-corrected chi connectivity index (χ4v) is 5.72. The van der Waals surface area contributed by atoms with Gasteiger partial charge < -0.3 is 19.4 Å². The summed E-state index contributed by atoms with van der Waals surface area (Å²) in [5.41, 5.74) is 2.13. The number of benzene rings is 2. The van der Waals surface area contributed by atoms with Crippen molar-refractivity contribution in [3.63, 3.8) is 0 Å². The van der Waals surface area contributed by atoms with Crippen LogP contribution in [-0.2, 0) is 9.53 Å². The highest BCUT2D eigenvalue weighted by Gasteiger charge is 2.49. The smallest absolute Gasteiger partial charge is 0.245 e. The number of hydrogen-bond donors (Lipinski definition) is 0. The van der Waals surface area contributed by atoms with Crippen molar-refractivity contribution in [2.75, 3.05) is 62.3 Å². The van der Waals surface area contributed by atoms with Crippen molar-refractivity contribution in [3.8, 4) is 17.3 Å².